The molecule has 1 aromatic heterocycles. The standard InChI is InChI=1S/C24H24ClN3O2/c25-21-15-20(19-6-2-1-3-7-19)8-9-22(21)30-17-24(29)27-16-18-10-11-26-23(14-18)28-12-4-5-13-28/h1-3,6-11,14-15H,4-5,12-13,16-17H2,(H,27,29). The third-order valence-electron chi connectivity index (χ3n) is 5.13. The fourth-order valence-electron chi connectivity index (χ4n) is 3.51. The number of pyridine rings is 1. The van der Waals surface area contributed by atoms with Crippen LogP contribution in [0.25, 0.3) is 11.1 Å². The van der Waals surface area contributed by atoms with Crippen LogP contribution in [0, 0.1) is 0 Å². The van der Waals surface area contributed by atoms with Gasteiger partial charge in [-0.1, -0.05) is 48.0 Å². The molecule has 4 rings (SSSR count). The third kappa shape index (κ3) is 5.10. The predicted octanol–water partition coefficient (Wildman–Crippen LogP) is 4.70. The molecular formula is C24H24ClN3O2. The third-order valence-corrected chi connectivity index (χ3v) is 5.42. The molecule has 1 aliphatic heterocycles. The molecule has 154 valence electrons. The zero-order valence-corrected chi connectivity index (χ0v) is 17.4. The van der Waals surface area contributed by atoms with Gasteiger partial charge in [-0.3, -0.25) is 4.79 Å². The summed E-state index contributed by atoms with van der Waals surface area (Å²) in [6, 6.07) is 19.5. The molecule has 1 N–H and O–H groups in total. The Balaban J connectivity index is 1.29. The number of ether oxygens (including phenoxy) is 1. The molecular weight excluding hydrogens is 398 g/mol. The number of carbonyl (C=O) groups is 1. The Hall–Kier alpha value is -3.05. The quantitative estimate of drug-likeness (QED) is 0.601. The smallest absolute Gasteiger partial charge is 0.258 e. The van der Waals surface area contributed by atoms with Gasteiger partial charge < -0.3 is 15.0 Å². The van der Waals surface area contributed by atoms with Crippen molar-refractivity contribution in [3.05, 3.63) is 77.4 Å². The highest BCUT2D eigenvalue weighted by Gasteiger charge is 2.14. The Morgan fingerprint density at radius 2 is 1.83 bits per heavy atom. The van der Waals surface area contributed by atoms with E-state index in [0.29, 0.717) is 17.3 Å². The summed E-state index contributed by atoms with van der Waals surface area (Å²) in [5, 5.41) is 3.37. The molecule has 0 aliphatic carbocycles. The molecule has 2 heterocycles. The second kappa shape index (κ2) is 9.63. The van der Waals surface area contributed by atoms with Crippen LogP contribution in [-0.4, -0.2) is 30.6 Å². The molecule has 3 aromatic rings. The van der Waals surface area contributed by atoms with Crippen molar-refractivity contribution in [1.29, 1.82) is 0 Å². The summed E-state index contributed by atoms with van der Waals surface area (Å²) in [7, 11) is 0. The molecule has 0 saturated carbocycles. The van der Waals surface area contributed by atoms with Gasteiger partial charge in [0.15, 0.2) is 6.61 Å². The van der Waals surface area contributed by atoms with Crippen molar-refractivity contribution >= 4 is 23.3 Å². The molecule has 30 heavy (non-hydrogen) atoms. The average molecular weight is 422 g/mol. The van der Waals surface area contributed by atoms with E-state index in [-0.39, 0.29) is 12.5 Å². The molecule has 0 atom stereocenters. The van der Waals surface area contributed by atoms with Gasteiger partial charge in [0.25, 0.3) is 5.91 Å². The van der Waals surface area contributed by atoms with Gasteiger partial charge in [0, 0.05) is 25.8 Å². The topological polar surface area (TPSA) is 54.5 Å². The SMILES string of the molecule is O=C(COc1ccc(-c2ccccc2)cc1Cl)NCc1ccnc(N2CCCC2)c1. The van der Waals surface area contributed by atoms with Crippen LogP contribution in [0.3, 0.4) is 0 Å². The normalized spacial score (nSPS) is 13.3. The minimum absolute atomic E-state index is 0.0888. The number of nitrogens with one attached hydrogen (secondary N) is 1. The molecule has 1 aliphatic rings. The highest BCUT2D eigenvalue weighted by atomic mass is 35.5. The lowest BCUT2D eigenvalue weighted by molar-refractivity contribution is -0.123. The lowest BCUT2D eigenvalue weighted by Crippen LogP contribution is -2.28. The van der Waals surface area contributed by atoms with Crippen LogP contribution in [0.15, 0.2) is 66.9 Å². The van der Waals surface area contributed by atoms with Gasteiger partial charge in [-0.05, 0) is 53.8 Å². The van der Waals surface area contributed by atoms with Crippen LogP contribution in [0.5, 0.6) is 5.75 Å². The number of anilines is 1. The van der Waals surface area contributed by atoms with Crippen LogP contribution in [0.4, 0.5) is 5.82 Å². The minimum atomic E-state index is -0.197. The maximum Gasteiger partial charge on any atom is 0.258 e. The maximum atomic E-state index is 12.2. The van der Waals surface area contributed by atoms with Gasteiger partial charge in [-0.15, -0.1) is 0 Å². The average Bonchev–Trinajstić information content (AvgIpc) is 3.33. The zero-order valence-electron chi connectivity index (χ0n) is 16.7. The van der Waals surface area contributed by atoms with E-state index in [9.17, 15) is 4.79 Å². The van der Waals surface area contributed by atoms with Crippen molar-refractivity contribution in [2.24, 2.45) is 0 Å². The Labute approximate surface area is 181 Å². The molecule has 1 fully saturated rings. The first-order chi connectivity index (χ1) is 14.7. The predicted molar refractivity (Wildman–Crippen MR) is 120 cm³/mol. The number of aromatic nitrogens is 1. The highest BCUT2D eigenvalue weighted by Crippen LogP contribution is 2.30. The van der Waals surface area contributed by atoms with E-state index in [2.05, 4.69) is 15.2 Å². The number of nitrogens with zero attached hydrogens (tertiary/aromatic N) is 2. The number of hydrogen-bond acceptors (Lipinski definition) is 4. The number of rotatable bonds is 7. The van der Waals surface area contributed by atoms with Crippen molar-refractivity contribution in [3.63, 3.8) is 0 Å². The van der Waals surface area contributed by atoms with E-state index in [1.165, 1.54) is 12.8 Å². The van der Waals surface area contributed by atoms with E-state index >= 15 is 0 Å². The van der Waals surface area contributed by atoms with Gasteiger partial charge >= 0.3 is 0 Å². The number of carbonyl (C=O) groups excluding carboxylic acids is 1. The summed E-state index contributed by atoms with van der Waals surface area (Å²) in [5.41, 5.74) is 3.10. The first kappa shape index (κ1) is 20.2. The molecule has 0 bridgehead atoms. The first-order valence-corrected chi connectivity index (χ1v) is 10.5. The largest absolute Gasteiger partial charge is 0.482 e. The van der Waals surface area contributed by atoms with Crippen molar-refractivity contribution in [2.45, 2.75) is 19.4 Å². The molecule has 0 unspecified atom stereocenters. The van der Waals surface area contributed by atoms with Gasteiger partial charge in [-0.25, -0.2) is 4.98 Å². The minimum Gasteiger partial charge on any atom is -0.482 e. The molecule has 6 heteroatoms. The van der Waals surface area contributed by atoms with Gasteiger partial charge in [0.2, 0.25) is 0 Å². The lowest BCUT2D eigenvalue weighted by atomic mass is 10.1. The number of halogens is 1. The molecule has 0 spiro atoms. The molecule has 5 nitrogen and oxygen atoms in total. The van der Waals surface area contributed by atoms with Crippen LogP contribution < -0.4 is 15.0 Å². The monoisotopic (exact) mass is 421 g/mol. The van der Waals surface area contributed by atoms with E-state index in [1.807, 2.05) is 54.6 Å². The maximum absolute atomic E-state index is 12.2. The van der Waals surface area contributed by atoms with Gasteiger partial charge in [0.05, 0.1) is 5.02 Å². The Morgan fingerprint density at radius 1 is 1.03 bits per heavy atom. The number of amides is 1. The molecule has 0 radical (unpaired) electrons. The summed E-state index contributed by atoms with van der Waals surface area (Å²) < 4.78 is 5.62. The number of benzene rings is 2. The first-order valence-electron chi connectivity index (χ1n) is 10.1. The van der Waals surface area contributed by atoms with Crippen molar-refractivity contribution in [1.82, 2.24) is 10.3 Å². The van der Waals surface area contributed by atoms with Crippen LogP contribution in [0.1, 0.15) is 18.4 Å². The lowest BCUT2D eigenvalue weighted by Gasteiger charge is -2.17. The van der Waals surface area contributed by atoms with Crippen LogP contribution in [0.2, 0.25) is 5.02 Å². The summed E-state index contributed by atoms with van der Waals surface area (Å²) in [6.45, 7) is 2.43. The van der Waals surface area contributed by atoms with Gasteiger partial charge in [0.1, 0.15) is 11.6 Å². The fraction of sp³-hybridized carbons (Fsp3) is 0.250. The van der Waals surface area contributed by atoms with Crippen molar-refractivity contribution < 1.29 is 9.53 Å². The molecule has 1 amide bonds. The van der Waals surface area contributed by atoms with E-state index in [4.69, 9.17) is 16.3 Å². The summed E-state index contributed by atoms with van der Waals surface area (Å²) in [5.74, 6) is 1.27. The Bertz CT molecular complexity index is 1000. The Morgan fingerprint density at radius 3 is 2.60 bits per heavy atom. The highest BCUT2D eigenvalue weighted by molar-refractivity contribution is 6.32. The number of hydrogen-bond donors (Lipinski definition) is 1. The van der Waals surface area contributed by atoms with Crippen LogP contribution >= 0.6 is 11.6 Å². The molecule has 2 aromatic carbocycles. The van der Waals surface area contributed by atoms with E-state index in [0.717, 1.165) is 35.6 Å². The zero-order chi connectivity index (χ0) is 20.8. The second-order valence-corrected chi connectivity index (χ2v) is 7.70. The fourth-order valence-corrected chi connectivity index (χ4v) is 3.75. The molecule has 1 saturated heterocycles. The summed E-state index contributed by atoms with van der Waals surface area (Å²) >= 11 is 6.35. The van der Waals surface area contributed by atoms with E-state index in [1.54, 1.807) is 12.3 Å². The van der Waals surface area contributed by atoms with Crippen molar-refractivity contribution in [3.8, 4) is 16.9 Å². The van der Waals surface area contributed by atoms with E-state index < -0.39 is 0 Å². The van der Waals surface area contributed by atoms with Crippen LogP contribution in [-0.2, 0) is 11.3 Å². The van der Waals surface area contributed by atoms with Crippen molar-refractivity contribution in [2.75, 3.05) is 24.6 Å². The Kier molecular flexibility index (Phi) is 6.50. The summed E-state index contributed by atoms with van der Waals surface area (Å²) in [6.07, 6.45) is 4.20. The summed E-state index contributed by atoms with van der Waals surface area (Å²) in [4.78, 5) is 18.9. The second-order valence-electron chi connectivity index (χ2n) is 7.29. The van der Waals surface area contributed by atoms with Gasteiger partial charge in [-0.2, -0.15) is 0 Å².